The van der Waals surface area contributed by atoms with Crippen molar-refractivity contribution in [1.82, 2.24) is 5.32 Å². The number of hydrogen-bond acceptors (Lipinski definition) is 2. The van der Waals surface area contributed by atoms with E-state index in [1.54, 1.807) is 0 Å². The number of nitrogens with one attached hydrogen (secondary N) is 1. The van der Waals surface area contributed by atoms with Gasteiger partial charge in [-0.15, -0.1) is 0 Å². The van der Waals surface area contributed by atoms with Crippen molar-refractivity contribution < 1.29 is 8.76 Å². The molecule has 2 atom stereocenters. The van der Waals surface area contributed by atoms with Crippen molar-refractivity contribution in [3.63, 3.8) is 0 Å². The quantitative estimate of drug-likeness (QED) is 0.593. The molecule has 4 heteroatoms. The van der Waals surface area contributed by atoms with Crippen LogP contribution >= 0.6 is 0 Å². The minimum atomic E-state index is -1.67. The Bertz CT molecular complexity index is 337. The maximum Gasteiger partial charge on any atom is 0.152 e. The van der Waals surface area contributed by atoms with Crippen LogP contribution in [0.25, 0.3) is 0 Å². The third-order valence-corrected chi connectivity index (χ3v) is 3.16. The van der Waals surface area contributed by atoms with Crippen LogP contribution in [0, 0.1) is 6.92 Å². The normalized spacial score (nSPS) is 14.7. The van der Waals surface area contributed by atoms with E-state index in [0.717, 1.165) is 13.0 Å². The van der Waals surface area contributed by atoms with Gasteiger partial charge in [-0.3, -0.25) is 0 Å². The standard InChI is InChI=1S/C12H19NO2S/c1-10-4-6-12(7-5-10)11(2)13-8-3-9-16(14)15/h4-7,11,13H,3,8-9H2,1-2H3,(H,14,15)/t11-/m0/s1. The first kappa shape index (κ1) is 13.4. The van der Waals surface area contributed by atoms with Gasteiger partial charge in [0.1, 0.15) is 0 Å². The van der Waals surface area contributed by atoms with E-state index in [4.69, 9.17) is 4.55 Å². The van der Waals surface area contributed by atoms with Crippen molar-refractivity contribution in [3.8, 4) is 0 Å². The van der Waals surface area contributed by atoms with Gasteiger partial charge in [0.25, 0.3) is 0 Å². The van der Waals surface area contributed by atoms with Gasteiger partial charge in [-0.25, -0.2) is 4.21 Å². The minimum absolute atomic E-state index is 0.285. The fourth-order valence-corrected chi connectivity index (χ4v) is 1.88. The Morgan fingerprint density at radius 3 is 2.56 bits per heavy atom. The van der Waals surface area contributed by atoms with Gasteiger partial charge in [-0.2, -0.15) is 0 Å². The summed E-state index contributed by atoms with van der Waals surface area (Å²) in [5, 5.41) is 3.33. The van der Waals surface area contributed by atoms with Gasteiger partial charge in [0.2, 0.25) is 0 Å². The van der Waals surface area contributed by atoms with Crippen molar-refractivity contribution in [2.45, 2.75) is 26.3 Å². The van der Waals surface area contributed by atoms with Crippen LogP contribution in [-0.2, 0) is 11.1 Å². The summed E-state index contributed by atoms with van der Waals surface area (Å²) in [4.78, 5) is 0. The molecule has 16 heavy (non-hydrogen) atoms. The molecular weight excluding hydrogens is 222 g/mol. The van der Waals surface area contributed by atoms with E-state index < -0.39 is 11.1 Å². The molecule has 0 aliphatic carbocycles. The third-order valence-electron chi connectivity index (χ3n) is 2.52. The lowest BCUT2D eigenvalue weighted by molar-refractivity contribution is 0.545. The summed E-state index contributed by atoms with van der Waals surface area (Å²) in [6.45, 7) is 4.93. The molecule has 0 aromatic heterocycles. The SMILES string of the molecule is Cc1ccc([C@H](C)NCCCS(=O)O)cc1. The van der Waals surface area contributed by atoms with Gasteiger partial charge in [-0.05, 0) is 32.4 Å². The van der Waals surface area contributed by atoms with Crippen molar-refractivity contribution >= 4 is 11.1 Å². The molecule has 0 amide bonds. The fourth-order valence-electron chi connectivity index (χ4n) is 1.49. The van der Waals surface area contributed by atoms with E-state index in [9.17, 15) is 4.21 Å². The first-order valence-electron chi connectivity index (χ1n) is 5.47. The molecule has 1 aromatic rings. The van der Waals surface area contributed by atoms with Crippen molar-refractivity contribution in [2.24, 2.45) is 0 Å². The highest BCUT2D eigenvalue weighted by Gasteiger charge is 2.03. The van der Waals surface area contributed by atoms with Crippen LogP contribution in [0.3, 0.4) is 0 Å². The Morgan fingerprint density at radius 2 is 2.00 bits per heavy atom. The van der Waals surface area contributed by atoms with Crippen molar-refractivity contribution in [1.29, 1.82) is 0 Å². The molecule has 0 aliphatic heterocycles. The predicted molar refractivity (Wildman–Crippen MR) is 67.9 cm³/mol. The average molecular weight is 241 g/mol. The topological polar surface area (TPSA) is 49.3 Å². The summed E-state index contributed by atoms with van der Waals surface area (Å²) in [5.41, 5.74) is 2.50. The molecule has 90 valence electrons. The Kier molecular flexibility index (Phi) is 5.66. The van der Waals surface area contributed by atoms with Crippen LogP contribution in [-0.4, -0.2) is 21.1 Å². The van der Waals surface area contributed by atoms with Crippen molar-refractivity contribution in [2.75, 3.05) is 12.3 Å². The van der Waals surface area contributed by atoms with Gasteiger partial charge in [-0.1, -0.05) is 29.8 Å². The molecule has 0 fully saturated rings. The largest absolute Gasteiger partial charge is 0.310 e. The van der Waals surface area contributed by atoms with E-state index in [2.05, 4.69) is 43.4 Å². The number of aryl methyl sites for hydroxylation is 1. The second-order valence-electron chi connectivity index (χ2n) is 3.97. The van der Waals surface area contributed by atoms with Crippen LogP contribution in [0.1, 0.15) is 30.5 Å². The molecule has 0 bridgehead atoms. The highest BCUT2D eigenvalue weighted by molar-refractivity contribution is 7.79. The second-order valence-corrected chi connectivity index (χ2v) is 5.02. The lowest BCUT2D eigenvalue weighted by Gasteiger charge is -2.14. The molecule has 0 spiro atoms. The Balaban J connectivity index is 2.32. The zero-order chi connectivity index (χ0) is 12.0. The van der Waals surface area contributed by atoms with E-state index in [1.807, 2.05) is 0 Å². The molecule has 0 aliphatic rings. The van der Waals surface area contributed by atoms with E-state index in [-0.39, 0.29) is 6.04 Å². The molecule has 2 N–H and O–H groups in total. The molecule has 0 heterocycles. The maximum absolute atomic E-state index is 10.4. The van der Waals surface area contributed by atoms with E-state index in [1.165, 1.54) is 11.1 Å². The van der Waals surface area contributed by atoms with Gasteiger partial charge in [0.15, 0.2) is 11.1 Å². The molecule has 0 saturated carbocycles. The smallest absolute Gasteiger partial charge is 0.152 e. The molecule has 1 rings (SSSR count). The zero-order valence-electron chi connectivity index (χ0n) is 9.77. The van der Waals surface area contributed by atoms with E-state index in [0.29, 0.717) is 5.75 Å². The van der Waals surface area contributed by atoms with Gasteiger partial charge < -0.3 is 9.87 Å². The number of hydrogen-bond donors (Lipinski definition) is 2. The lowest BCUT2D eigenvalue weighted by atomic mass is 10.1. The van der Waals surface area contributed by atoms with Crippen LogP contribution in [0.5, 0.6) is 0 Å². The Hall–Kier alpha value is -0.710. The van der Waals surface area contributed by atoms with Crippen LogP contribution in [0.2, 0.25) is 0 Å². The average Bonchev–Trinajstić information content (AvgIpc) is 2.25. The molecule has 0 radical (unpaired) electrons. The zero-order valence-corrected chi connectivity index (χ0v) is 10.6. The highest BCUT2D eigenvalue weighted by atomic mass is 32.2. The number of benzene rings is 1. The first-order chi connectivity index (χ1) is 7.59. The van der Waals surface area contributed by atoms with Gasteiger partial charge in [0, 0.05) is 6.04 Å². The summed E-state index contributed by atoms with van der Waals surface area (Å²) in [5.74, 6) is 0.341. The molecule has 3 nitrogen and oxygen atoms in total. The Morgan fingerprint density at radius 1 is 1.38 bits per heavy atom. The second kappa shape index (κ2) is 6.78. The maximum atomic E-state index is 10.4. The van der Waals surface area contributed by atoms with Gasteiger partial charge in [0.05, 0.1) is 5.75 Å². The highest BCUT2D eigenvalue weighted by Crippen LogP contribution is 2.12. The summed E-state index contributed by atoms with van der Waals surface area (Å²) >= 11 is -1.67. The summed E-state index contributed by atoms with van der Waals surface area (Å²) in [6, 6.07) is 8.69. The molecular formula is C12H19NO2S. The molecule has 0 saturated heterocycles. The Labute approximate surface area is 99.5 Å². The third kappa shape index (κ3) is 4.88. The minimum Gasteiger partial charge on any atom is -0.310 e. The van der Waals surface area contributed by atoms with Crippen LogP contribution in [0.4, 0.5) is 0 Å². The number of rotatable bonds is 6. The summed E-state index contributed by atoms with van der Waals surface area (Å²) in [7, 11) is 0. The van der Waals surface area contributed by atoms with Gasteiger partial charge >= 0.3 is 0 Å². The summed E-state index contributed by atoms with van der Waals surface area (Å²) < 4.78 is 19.0. The van der Waals surface area contributed by atoms with Crippen molar-refractivity contribution in [3.05, 3.63) is 35.4 Å². The monoisotopic (exact) mass is 241 g/mol. The van der Waals surface area contributed by atoms with Crippen LogP contribution < -0.4 is 5.32 Å². The fraction of sp³-hybridized carbons (Fsp3) is 0.500. The lowest BCUT2D eigenvalue weighted by Crippen LogP contribution is -2.21. The predicted octanol–water partition coefficient (Wildman–Crippen LogP) is 2.26. The van der Waals surface area contributed by atoms with E-state index >= 15 is 0 Å². The summed E-state index contributed by atoms with van der Waals surface area (Å²) in [6.07, 6.45) is 0.722. The molecule has 1 aromatic carbocycles. The van der Waals surface area contributed by atoms with Crippen LogP contribution in [0.15, 0.2) is 24.3 Å². The molecule has 1 unspecified atom stereocenters. The first-order valence-corrected chi connectivity index (χ1v) is 6.74.